The van der Waals surface area contributed by atoms with Crippen molar-refractivity contribution in [2.24, 2.45) is 18.7 Å². The number of nitrogens with two attached hydrogens (primary N) is 1. The van der Waals surface area contributed by atoms with Crippen molar-refractivity contribution in [2.75, 3.05) is 6.54 Å². The molecule has 1 heterocycles. The highest BCUT2D eigenvalue weighted by Crippen LogP contribution is 2.22. The van der Waals surface area contributed by atoms with Crippen LogP contribution in [0.5, 0.6) is 0 Å². The van der Waals surface area contributed by atoms with Gasteiger partial charge in [0.2, 0.25) is 0 Å². The Balaban J connectivity index is 2.21. The van der Waals surface area contributed by atoms with Crippen LogP contribution in [0, 0.1) is 5.92 Å². The zero-order valence-corrected chi connectivity index (χ0v) is 9.79. The Morgan fingerprint density at radius 1 is 1.40 bits per heavy atom. The van der Waals surface area contributed by atoms with Crippen molar-refractivity contribution in [3.63, 3.8) is 0 Å². The van der Waals surface area contributed by atoms with Gasteiger partial charge in [0.15, 0.2) is 0 Å². The van der Waals surface area contributed by atoms with Crippen LogP contribution in [0.15, 0.2) is 0 Å². The first-order valence-electron chi connectivity index (χ1n) is 5.95. The third-order valence-corrected chi connectivity index (χ3v) is 3.40. The quantitative estimate of drug-likeness (QED) is 0.815. The molecule has 3 nitrogen and oxygen atoms in total. The molecular formula is C12H21N3. The predicted molar refractivity (Wildman–Crippen MR) is 61.8 cm³/mol. The van der Waals surface area contributed by atoms with Crippen molar-refractivity contribution in [2.45, 2.75) is 39.0 Å². The van der Waals surface area contributed by atoms with Crippen LogP contribution in [0.4, 0.5) is 0 Å². The summed E-state index contributed by atoms with van der Waals surface area (Å²) in [5.41, 5.74) is 8.45. The lowest BCUT2D eigenvalue weighted by Gasteiger charge is -2.12. The van der Waals surface area contributed by atoms with Crippen molar-refractivity contribution in [3.05, 3.63) is 17.2 Å². The van der Waals surface area contributed by atoms with Crippen LogP contribution in [-0.4, -0.2) is 16.1 Å². The molecule has 1 aliphatic carbocycles. The second-order valence-electron chi connectivity index (χ2n) is 4.73. The van der Waals surface area contributed by atoms with Crippen LogP contribution in [-0.2, 0) is 26.3 Å². The molecule has 1 aliphatic rings. The lowest BCUT2D eigenvalue weighted by Crippen LogP contribution is -2.15. The highest BCUT2D eigenvalue weighted by Gasteiger charge is 2.18. The summed E-state index contributed by atoms with van der Waals surface area (Å²) in [7, 11) is 2.15. The molecule has 0 saturated heterocycles. The van der Waals surface area contributed by atoms with Gasteiger partial charge in [0.25, 0.3) is 0 Å². The van der Waals surface area contributed by atoms with Gasteiger partial charge in [-0.05, 0) is 38.1 Å². The van der Waals surface area contributed by atoms with E-state index in [0.29, 0.717) is 5.92 Å². The summed E-state index contributed by atoms with van der Waals surface area (Å²) in [6, 6.07) is 0. The second kappa shape index (κ2) is 4.35. The molecule has 0 amide bonds. The van der Waals surface area contributed by atoms with Gasteiger partial charge in [-0.1, -0.05) is 6.92 Å². The highest BCUT2D eigenvalue weighted by atomic mass is 15.1. The summed E-state index contributed by atoms with van der Waals surface area (Å²) in [5, 5.41) is 0. The van der Waals surface area contributed by atoms with E-state index in [9.17, 15) is 0 Å². The average molecular weight is 207 g/mol. The highest BCUT2D eigenvalue weighted by molar-refractivity contribution is 5.20. The molecule has 2 rings (SSSR count). The lowest BCUT2D eigenvalue weighted by atomic mass is 10.0. The number of rotatable bonds is 3. The molecule has 3 heteroatoms. The van der Waals surface area contributed by atoms with Crippen LogP contribution in [0.1, 0.15) is 37.0 Å². The molecule has 15 heavy (non-hydrogen) atoms. The van der Waals surface area contributed by atoms with Crippen LogP contribution in [0.2, 0.25) is 0 Å². The Labute approximate surface area is 91.7 Å². The van der Waals surface area contributed by atoms with Gasteiger partial charge in [0.1, 0.15) is 5.82 Å². The van der Waals surface area contributed by atoms with Crippen molar-refractivity contribution >= 4 is 0 Å². The standard InChI is InChI=1S/C12H21N3/c1-9(8-13)7-12-14-10-5-3-4-6-11(10)15(12)2/h9H,3-8,13H2,1-2H3. The molecule has 1 aromatic rings. The molecule has 0 aromatic carbocycles. The van der Waals surface area contributed by atoms with E-state index in [1.807, 2.05) is 0 Å². The fraction of sp³-hybridized carbons (Fsp3) is 0.750. The molecule has 84 valence electrons. The first-order chi connectivity index (χ1) is 7.22. The second-order valence-corrected chi connectivity index (χ2v) is 4.73. The first-order valence-corrected chi connectivity index (χ1v) is 5.95. The van der Waals surface area contributed by atoms with Gasteiger partial charge in [0.05, 0.1) is 5.69 Å². The van der Waals surface area contributed by atoms with Crippen molar-refractivity contribution in [3.8, 4) is 0 Å². The predicted octanol–water partition coefficient (Wildman–Crippen LogP) is 1.44. The molecular weight excluding hydrogens is 186 g/mol. The number of fused-ring (bicyclic) bond motifs is 1. The number of hydrogen-bond acceptors (Lipinski definition) is 2. The van der Waals surface area contributed by atoms with E-state index >= 15 is 0 Å². The SMILES string of the molecule is CC(CN)Cc1nc2c(n1C)CCCC2. The maximum absolute atomic E-state index is 5.66. The lowest BCUT2D eigenvalue weighted by molar-refractivity contribution is 0.556. The Kier molecular flexibility index (Phi) is 3.10. The average Bonchev–Trinajstić information content (AvgIpc) is 2.57. The number of imidazole rings is 1. The van der Waals surface area contributed by atoms with Gasteiger partial charge in [-0.2, -0.15) is 0 Å². The topological polar surface area (TPSA) is 43.8 Å². The summed E-state index contributed by atoms with van der Waals surface area (Å²) in [6.45, 7) is 2.94. The molecule has 0 spiro atoms. The van der Waals surface area contributed by atoms with Crippen molar-refractivity contribution < 1.29 is 0 Å². The molecule has 0 radical (unpaired) electrons. The molecule has 0 saturated carbocycles. The third kappa shape index (κ3) is 2.07. The zero-order valence-electron chi connectivity index (χ0n) is 9.79. The van der Waals surface area contributed by atoms with Gasteiger partial charge in [-0.3, -0.25) is 0 Å². The Bertz CT molecular complexity index is 341. The van der Waals surface area contributed by atoms with Gasteiger partial charge in [-0.25, -0.2) is 4.98 Å². The minimum atomic E-state index is 0.535. The fourth-order valence-electron chi connectivity index (χ4n) is 2.32. The molecule has 0 bridgehead atoms. The summed E-state index contributed by atoms with van der Waals surface area (Å²) in [4.78, 5) is 4.75. The zero-order chi connectivity index (χ0) is 10.8. The number of hydrogen-bond donors (Lipinski definition) is 1. The number of aromatic nitrogens is 2. The molecule has 2 N–H and O–H groups in total. The maximum atomic E-state index is 5.66. The molecule has 0 aliphatic heterocycles. The Morgan fingerprint density at radius 2 is 2.13 bits per heavy atom. The summed E-state index contributed by atoms with van der Waals surface area (Å²) in [6.07, 6.45) is 6.00. The molecule has 1 unspecified atom stereocenters. The van der Waals surface area contributed by atoms with Crippen LogP contribution in [0.25, 0.3) is 0 Å². The first kappa shape index (κ1) is 10.7. The molecule has 1 atom stereocenters. The molecule has 1 aromatic heterocycles. The van der Waals surface area contributed by atoms with Crippen LogP contribution in [0.3, 0.4) is 0 Å². The third-order valence-electron chi connectivity index (χ3n) is 3.40. The van der Waals surface area contributed by atoms with E-state index in [2.05, 4.69) is 18.5 Å². The minimum absolute atomic E-state index is 0.535. The van der Waals surface area contributed by atoms with Gasteiger partial charge < -0.3 is 10.3 Å². The van der Waals surface area contributed by atoms with Crippen molar-refractivity contribution in [1.29, 1.82) is 0 Å². The monoisotopic (exact) mass is 207 g/mol. The van der Waals surface area contributed by atoms with Crippen LogP contribution >= 0.6 is 0 Å². The maximum Gasteiger partial charge on any atom is 0.109 e. The Morgan fingerprint density at radius 3 is 2.80 bits per heavy atom. The van der Waals surface area contributed by atoms with E-state index in [1.165, 1.54) is 42.9 Å². The van der Waals surface area contributed by atoms with Gasteiger partial charge in [-0.15, -0.1) is 0 Å². The van der Waals surface area contributed by atoms with E-state index in [4.69, 9.17) is 10.7 Å². The van der Waals surface area contributed by atoms with E-state index < -0.39 is 0 Å². The molecule has 0 fully saturated rings. The van der Waals surface area contributed by atoms with Gasteiger partial charge >= 0.3 is 0 Å². The van der Waals surface area contributed by atoms with Crippen molar-refractivity contribution in [1.82, 2.24) is 9.55 Å². The summed E-state index contributed by atoms with van der Waals surface area (Å²) in [5.74, 6) is 1.76. The fourth-order valence-corrected chi connectivity index (χ4v) is 2.32. The minimum Gasteiger partial charge on any atom is -0.335 e. The van der Waals surface area contributed by atoms with Gasteiger partial charge in [0, 0.05) is 19.2 Å². The summed E-state index contributed by atoms with van der Waals surface area (Å²) < 4.78 is 2.29. The normalized spacial score (nSPS) is 17.5. The van der Waals surface area contributed by atoms with E-state index in [1.54, 1.807) is 0 Å². The Hall–Kier alpha value is -0.830. The van der Waals surface area contributed by atoms with E-state index in [-0.39, 0.29) is 0 Å². The number of nitrogens with zero attached hydrogens (tertiary/aromatic N) is 2. The largest absolute Gasteiger partial charge is 0.335 e. The smallest absolute Gasteiger partial charge is 0.109 e. The number of aryl methyl sites for hydroxylation is 1. The van der Waals surface area contributed by atoms with Crippen LogP contribution < -0.4 is 5.73 Å². The summed E-state index contributed by atoms with van der Waals surface area (Å²) >= 11 is 0. The van der Waals surface area contributed by atoms with E-state index in [0.717, 1.165) is 13.0 Å².